The van der Waals surface area contributed by atoms with Gasteiger partial charge in [-0.3, -0.25) is 0 Å². The fraction of sp³-hybridized carbons (Fsp3) is 0.385. The molecule has 0 fully saturated rings. The number of halogens is 1. The first kappa shape index (κ1) is 13.4. The van der Waals surface area contributed by atoms with E-state index < -0.39 is 0 Å². The van der Waals surface area contributed by atoms with Gasteiger partial charge in [0, 0.05) is 12.0 Å². The summed E-state index contributed by atoms with van der Waals surface area (Å²) >= 11 is 7.76. The van der Waals surface area contributed by atoms with Crippen molar-refractivity contribution in [1.29, 1.82) is 0 Å². The van der Waals surface area contributed by atoms with Crippen LogP contribution in [0, 0.1) is 6.92 Å². The van der Waals surface area contributed by atoms with E-state index in [1.165, 1.54) is 0 Å². The van der Waals surface area contributed by atoms with E-state index in [0.29, 0.717) is 5.15 Å². The van der Waals surface area contributed by atoms with Gasteiger partial charge in [-0.1, -0.05) is 30.3 Å². The maximum absolute atomic E-state index is 6.13. The van der Waals surface area contributed by atoms with Gasteiger partial charge in [-0.15, -0.1) is 0 Å². The highest BCUT2D eigenvalue weighted by Crippen LogP contribution is 2.28. The molecule has 2 heterocycles. The minimum atomic E-state index is 0.551. The summed E-state index contributed by atoms with van der Waals surface area (Å²) in [5.41, 5.74) is 0.938. The lowest BCUT2D eigenvalue weighted by Crippen LogP contribution is -1.99. The summed E-state index contributed by atoms with van der Waals surface area (Å²) in [5, 5.41) is 1.49. The molecule has 3 nitrogen and oxygen atoms in total. The van der Waals surface area contributed by atoms with E-state index in [2.05, 4.69) is 16.9 Å². The molecule has 2 aromatic rings. The van der Waals surface area contributed by atoms with E-state index in [4.69, 9.17) is 16.0 Å². The number of hydrogen-bond donors (Lipinski definition) is 0. The predicted molar refractivity (Wildman–Crippen MR) is 74.0 cm³/mol. The first-order chi connectivity index (χ1) is 8.70. The van der Waals surface area contributed by atoms with E-state index >= 15 is 0 Å². The minimum Gasteiger partial charge on any atom is -0.468 e. The van der Waals surface area contributed by atoms with Crippen LogP contribution in [-0.2, 0) is 12.2 Å². The van der Waals surface area contributed by atoms with Crippen molar-refractivity contribution in [3.8, 4) is 0 Å². The number of rotatable bonds is 5. The summed E-state index contributed by atoms with van der Waals surface area (Å²) in [7, 11) is 0. The van der Waals surface area contributed by atoms with Crippen molar-refractivity contribution in [2.24, 2.45) is 0 Å². The Hall–Kier alpha value is -1.00. The van der Waals surface area contributed by atoms with Crippen molar-refractivity contribution in [3.05, 3.63) is 40.7 Å². The van der Waals surface area contributed by atoms with Gasteiger partial charge < -0.3 is 4.42 Å². The SMILES string of the molecule is CCCc1nc(Cl)c(C)c(SCc2ccco2)n1. The number of furan rings is 1. The molecule has 0 aliphatic rings. The molecule has 0 aromatic carbocycles. The molecular formula is C13H15ClN2OS. The lowest BCUT2D eigenvalue weighted by Gasteiger charge is -2.07. The summed E-state index contributed by atoms with van der Waals surface area (Å²) in [5.74, 6) is 2.51. The molecule has 2 aromatic heterocycles. The molecule has 0 saturated heterocycles. The summed E-state index contributed by atoms with van der Waals surface area (Å²) in [6.45, 7) is 4.05. The molecule has 0 saturated carbocycles. The second kappa shape index (κ2) is 6.25. The fourth-order valence-electron chi connectivity index (χ4n) is 1.52. The zero-order valence-corrected chi connectivity index (χ0v) is 12.0. The minimum absolute atomic E-state index is 0.551. The van der Waals surface area contributed by atoms with Gasteiger partial charge in [0.1, 0.15) is 21.8 Å². The number of nitrogens with zero attached hydrogens (tertiary/aromatic N) is 2. The molecule has 18 heavy (non-hydrogen) atoms. The third kappa shape index (κ3) is 3.27. The molecular weight excluding hydrogens is 268 g/mol. The number of aryl methyl sites for hydroxylation is 1. The Morgan fingerprint density at radius 2 is 2.22 bits per heavy atom. The summed E-state index contributed by atoms with van der Waals surface area (Å²) in [6, 6.07) is 3.84. The lowest BCUT2D eigenvalue weighted by atomic mass is 10.3. The number of thioether (sulfide) groups is 1. The molecule has 0 bridgehead atoms. The Balaban J connectivity index is 2.15. The normalized spacial score (nSPS) is 10.8. The molecule has 0 atom stereocenters. The van der Waals surface area contributed by atoms with E-state index in [1.807, 2.05) is 19.1 Å². The predicted octanol–water partition coefficient (Wildman–Crippen LogP) is 4.28. The Morgan fingerprint density at radius 3 is 2.89 bits per heavy atom. The summed E-state index contributed by atoms with van der Waals surface area (Å²) in [6.07, 6.45) is 3.55. The Morgan fingerprint density at radius 1 is 1.39 bits per heavy atom. The van der Waals surface area contributed by atoms with Crippen LogP contribution in [-0.4, -0.2) is 9.97 Å². The topological polar surface area (TPSA) is 38.9 Å². The zero-order chi connectivity index (χ0) is 13.0. The van der Waals surface area contributed by atoms with Crippen LogP contribution in [0.4, 0.5) is 0 Å². The molecule has 2 rings (SSSR count). The fourth-order valence-corrected chi connectivity index (χ4v) is 2.69. The maximum Gasteiger partial charge on any atom is 0.136 e. The van der Waals surface area contributed by atoms with E-state index in [-0.39, 0.29) is 0 Å². The van der Waals surface area contributed by atoms with Gasteiger partial charge in [0.25, 0.3) is 0 Å². The van der Waals surface area contributed by atoms with E-state index in [1.54, 1.807) is 18.0 Å². The van der Waals surface area contributed by atoms with Crippen molar-refractivity contribution in [3.63, 3.8) is 0 Å². The standard InChI is InChI=1S/C13H15ClN2OS/c1-3-5-11-15-12(14)9(2)13(16-11)18-8-10-6-4-7-17-10/h4,6-7H,3,5,8H2,1-2H3. The molecule has 96 valence electrons. The zero-order valence-electron chi connectivity index (χ0n) is 10.4. The number of aromatic nitrogens is 2. The average molecular weight is 283 g/mol. The van der Waals surface area contributed by atoms with Crippen LogP contribution in [0.15, 0.2) is 27.8 Å². The molecule has 0 unspecified atom stereocenters. The lowest BCUT2D eigenvalue weighted by molar-refractivity contribution is 0.530. The molecule has 0 spiro atoms. The van der Waals surface area contributed by atoms with Gasteiger partial charge >= 0.3 is 0 Å². The number of hydrogen-bond acceptors (Lipinski definition) is 4. The van der Waals surface area contributed by atoms with Crippen LogP contribution in [0.3, 0.4) is 0 Å². The Kier molecular flexibility index (Phi) is 4.66. The van der Waals surface area contributed by atoms with Gasteiger partial charge in [0.05, 0.1) is 12.0 Å². The third-order valence-electron chi connectivity index (χ3n) is 2.49. The smallest absolute Gasteiger partial charge is 0.136 e. The largest absolute Gasteiger partial charge is 0.468 e. The van der Waals surface area contributed by atoms with E-state index in [9.17, 15) is 0 Å². The quantitative estimate of drug-likeness (QED) is 0.606. The summed E-state index contributed by atoms with van der Waals surface area (Å²) < 4.78 is 5.31. The summed E-state index contributed by atoms with van der Waals surface area (Å²) in [4.78, 5) is 8.83. The highest BCUT2D eigenvalue weighted by molar-refractivity contribution is 7.98. The molecule has 0 N–H and O–H groups in total. The molecule has 0 aliphatic carbocycles. The highest BCUT2D eigenvalue weighted by Gasteiger charge is 2.10. The maximum atomic E-state index is 6.13. The molecule has 0 amide bonds. The van der Waals surface area contributed by atoms with Crippen LogP contribution in [0.1, 0.15) is 30.5 Å². The van der Waals surface area contributed by atoms with Crippen LogP contribution in [0.5, 0.6) is 0 Å². The van der Waals surface area contributed by atoms with Gasteiger partial charge in [-0.2, -0.15) is 0 Å². The molecule has 5 heteroatoms. The monoisotopic (exact) mass is 282 g/mol. The van der Waals surface area contributed by atoms with Crippen molar-refractivity contribution in [2.45, 2.75) is 37.5 Å². The van der Waals surface area contributed by atoms with Gasteiger partial charge in [-0.05, 0) is 25.5 Å². The second-order valence-electron chi connectivity index (χ2n) is 3.98. The van der Waals surface area contributed by atoms with Gasteiger partial charge in [0.15, 0.2) is 0 Å². The highest BCUT2D eigenvalue weighted by atomic mass is 35.5. The Labute approximate surface area is 116 Å². The van der Waals surface area contributed by atoms with Crippen molar-refractivity contribution in [2.75, 3.05) is 0 Å². The molecule has 0 radical (unpaired) electrons. The average Bonchev–Trinajstić information content (AvgIpc) is 2.85. The first-order valence-corrected chi connectivity index (χ1v) is 7.25. The van der Waals surface area contributed by atoms with Gasteiger partial charge in [-0.25, -0.2) is 9.97 Å². The van der Waals surface area contributed by atoms with E-state index in [0.717, 1.165) is 40.8 Å². The van der Waals surface area contributed by atoms with Crippen LogP contribution in [0.25, 0.3) is 0 Å². The second-order valence-corrected chi connectivity index (χ2v) is 5.30. The first-order valence-electron chi connectivity index (χ1n) is 5.89. The van der Waals surface area contributed by atoms with Crippen LogP contribution >= 0.6 is 23.4 Å². The molecule has 0 aliphatic heterocycles. The van der Waals surface area contributed by atoms with Crippen molar-refractivity contribution < 1.29 is 4.42 Å². The van der Waals surface area contributed by atoms with Crippen LogP contribution < -0.4 is 0 Å². The Bertz CT molecular complexity index is 514. The van der Waals surface area contributed by atoms with Crippen molar-refractivity contribution >= 4 is 23.4 Å². The van der Waals surface area contributed by atoms with Crippen molar-refractivity contribution in [1.82, 2.24) is 9.97 Å². The van der Waals surface area contributed by atoms with Crippen LogP contribution in [0.2, 0.25) is 5.15 Å². The van der Waals surface area contributed by atoms with Gasteiger partial charge in [0.2, 0.25) is 0 Å². The third-order valence-corrected chi connectivity index (χ3v) is 3.96.